The van der Waals surface area contributed by atoms with Crippen LogP contribution in [0.25, 0.3) is 0 Å². The quantitative estimate of drug-likeness (QED) is 0.879. The Kier molecular flexibility index (Phi) is 3.52. The Morgan fingerprint density at radius 1 is 1.56 bits per heavy atom. The van der Waals surface area contributed by atoms with Crippen molar-refractivity contribution in [3.05, 3.63) is 21.3 Å². The molecular formula is C11H13ClO3S. The molecule has 1 heterocycles. The van der Waals surface area contributed by atoms with Crippen LogP contribution in [0.3, 0.4) is 0 Å². The smallest absolute Gasteiger partial charge is 0.306 e. The van der Waals surface area contributed by atoms with Crippen molar-refractivity contribution in [3.63, 3.8) is 0 Å². The number of halogens is 1. The van der Waals surface area contributed by atoms with Gasteiger partial charge in [-0.05, 0) is 24.3 Å². The Labute approximate surface area is 103 Å². The van der Waals surface area contributed by atoms with Gasteiger partial charge >= 0.3 is 5.97 Å². The number of carboxylic acids is 1. The van der Waals surface area contributed by atoms with Gasteiger partial charge in [0.25, 0.3) is 0 Å². The summed E-state index contributed by atoms with van der Waals surface area (Å²) in [6.45, 7) is 0. The molecule has 0 bridgehead atoms. The van der Waals surface area contributed by atoms with Gasteiger partial charge in [0, 0.05) is 5.92 Å². The minimum Gasteiger partial charge on any atom is -0.481 e. The van der Waals surface area contributed by atoms with Crippen molar-refractivity contribution in [3.8, 4) is 0 Å². The molecule has 1 aromatic rings. The maximum Gasteiger partial charge on any atom is 0.306 e. The van der Waals surface area contributed by atoms with E-state index in [9.17, 15) is 9.90 Å². The monoisotopic (exact) mass is 260 g/mol. The second-order valence-corrected chi connectivity index (χ2v) is 5.47. The molecule has 88 valence electrons. The first-order valence-corrected chi connectivity index (χ1v) is 6.50. The van der Waals surface area contributed by atoms with Crippen molar-refractivity contribution in [2.75, 3.05) is 0 Å². The Morgan fingerprint density at radius 2 is 2.31 bits per heavy atom. The molecule has 1 aromatic heterocycles. The van der Waals surface area contributed by atoms with Crippen LogP contribution in [0.15, 0.2) is 11.4 Å². The molecule has 0 aromatic carbocycles. The Morgan fingerprint density at radius 3 is 2.88 bits per heavy atom. The number of thiophene rings is 1. The number of aliphatic carboxylic acids is 1. The fraction of sp³-hybridized carbons (Fsp3) is 0.545. The number of carbonyl (C=O) groups is 1. The summed E-state index contributed by atoms with van der Waals surface area (Å²) in [4.78, 5) is 11.7. The van der Waals surface area contributed by atoms with Crippen molar-refractivity contribution >= 4 is 28.9 Å². The summed E-state index contributed by atoms with van der Waals surface area (Å²) in [6, 6.07) is 1.73. The molecule has 0 radical (unpaired) electrons. The molecule has 1 saturated carbocycles. The van der Waals surface area contributed by atoms with Gasteiger partial charge in [-0.15, -0.1) is 11.3 Å². The fourth-order valence-corrected chi connectivity index (χ4v) is 3.61. The van der Waals surface area contributed by atoms with Crippen LogP contribution in [0.5, 0.6) is 0 Å². The van der Waals surface area contributed by atoms with E-state index >= 15 is 0 Å². The van der Waals surface area contributed by atoms with Crippen LogP contribution in [-0.4, -0.2) is 16.2 Å². The van der Waals surface area contributed by atoms with E-state index in [1.165, 1.54) is 11.3 Å². The average molecular weight is 261 g/mol. The van der Waals surface area contributed by atoms with Crippen molar-refractivity contribution in [2.24, 2.45) is 11.8 Å². The lowest BCUT2D eigenvalue weighted by Crippen LogP contribution is -2.23. The highest BCUT2D eigenvalue weighted by Gasteiger charge is 2.38. The van der Waals surface area contributed by atoms with E-state index in [2.05, 4.69) is 0 Å². The molecule has 3 nitrogen and oxygen atoms in total. The van der Waals surface area contributed by atoms with Gasteiger partial charge in [-0.25, -0.2) is 0 Å². The third kappa shape index (κ3) is 2.10. The highest BCUT2D eigenvalue weighted by atomic mass is 35.5. The zero-order chi connectivity index (χ0) is 11.7. The van der Waals surface area contributed by atoms with E-state index < -0.39 is 18.0 Å². The van der Waals surface area contributed by atoms with Crippen LogP contribution < -0.4 is 0 Å². The Balaban J connectivity index is 2.18. The third-order valence-electron chi connectivity index (χ3n) is 3.21. The molecule has 1 aliphatic carbocycles. The zero-order valence-electron chi connectivity index (χ0n) is 8.60. The van der Waals surface area contributed by atoms with Crippen LogP contribution in [0, 0.1) is 11.8 Å². The maximum absolute atomic E-state index is 11.0. The predicted octanol–water partition coefficient (Wildman–Crippen LogP) is 2.94. The van der Waals surface area contributed by atoms with Crippen molar-refractivity contribution in [1.82, 2.24) is 0 Å². The van der Waals surface area contributed by atoms with Crippen LogP contribution in [0.2, 0.25) is 5.02 Å². The Hall–Kier alpha value is -0.580. The standard InChI is InChI=1S/C11H13ClO3S/c12-8-4-5-16-10(8)9(13)6-2-1-3-7(6)11(14)15/h4-7,9,13H,1-3H2,(H,14,15). The normalized spacial score (nSPS) is 26.9. The largest absolute Gasteiger partial charge is 0.481 e. The summed E-state index contributed by atoms with van der Waals surface area (Å²) < 4.78 is 0. The fourth-order valence-electron chi connectivity index (χ4n) is 2.38. The number of rotatable bonds is 3. The first-order valence-electron chi connectivity index (χ1n) is 5.25. The minimum atomic E-state index is -0.811. The van der Waals surface area contributed by atoms with Gasteiger partial charge in [-0.1, -0.05) is 18.0 Å². The van der Waals surface area contributed by atoms with Gasteiger partial charge < -0.3 is 10.2 Å². The van der Waals surface area contributed by atoms with E-state index in [0.717, 1.165) is 12.8 Å². The molecule has 0 saturated heterocycles. The molecule has 0 spiro atoms. The highest BCUT2D eigenvalue weighted by Crippen LogP contribution is 2.43. The minimum absolute atomic E-state index is 0.200. The summed E-state index contributed by atoms with van der Waals surface area (Å²) in [6.07, 6.45) is 1.53. The maximum atomic E-state index is 11.0. The van der Waals surface area contributed by atoms with Gasteiger partial charge in [0.1, 0.15) is 0 Å². The molecule has 5 heteroatoms. The first-order chi connectivity index (χ1) is 7.61. The summed E-state index contributed by atoms with van der Waals surface area (Å²) >= 11 is 7.33. The van der Waals surface area contributed by atoms with Gasteiger partial charge in [-0.2, -0.15) is 0 Å². The van der Waals surface area contributed by atoms with Crippen LogP contribution in [0.4, 0.5) is 0 Å². The van der Waals surface area contributed by atoms with Gasteiger partial charge in [0.2, 0.25) is 0 Å². The average Bonchev–Trinajstić information content (AvgIpc) is 2.84. The zero-order valence-corrected chi connectivity index (χ0v) is 10.2. The molecule has 1 aliphatic rings. The molecule has 1 fully saturated rings. The van der Waals surface area contributed by atoms with E-state index in [1.807, 2.05) is 5.38 Å². The van der Waals surface area contributed by atoms with Gasteiger partial charge in [-0.3, -0.25) is 4.79 Å². The molecular weight excluding hydrogens is 248 g/mol. The molecule has 0 aliphatic heterocycles. The lowest BCUT2D eigenvalue weighted by molar-refractivity contribution is -0.144. The second kappa shape index (κ2) is 4.73. The molecule has 2 rings (SSSR count). The summed E-state index contributed by atoms with van der Waals surface area (Å²) in [7, 11) is 0. The number of carboxylic acid groups (broad SMARTS) is 1. The van der Waals surface area contributed by atoms with E-state index in [-0.39, 0.29) is 5.92 Å². The lowest BCUT2D eigenvalue weighted by Gasteiger charge is -2.21. The van der Waals surface area contributed by atoms with Crippen LogP contribution >= 0.6 is 22.9 Å². The van der Waals surface area contributed by atoms with Crippen LogP contribution in [0.1, 0.15) is 30.2 Å². The van der Waals surface area contributed by atoms with Crippen molar-refractivity contribution in [2.45, 2.75) is 25.4 Å². The second-order valence-electron chi connectivity index (χ2n) is 4.12. The lowest BCUT2D eigenvalue weighted by atomic mass is 9.90. The van der Waals surface area contributed by atoms with Gasteiger partial charge in [0.15, 0.2) is 0 Å². The van der Waals surface area contributed by atoms with Crippen molar-refractivity contribution < 1.29 is 15.0 Å². The van der Waals surface area contributed by atoms with Crippen molar-refractivity contribution in [1.29, 1.82) is 0 Å². The molecule has 3 unspecified atom stereocenters. The van der Waals surface area contributed by atoms with E-state index in [4.69, 9.17) is 16.7 Å². The SMILES string of the molecule is O=C(O)C1CCCC1C(O)c1sccc1Cl. The summed E-state index contributed by atoms with van der Waals surface area (Å²) in [5.41, 5.74) is 0. The van der Waals surface area contributed by atoms with Crippen LogP contribution in [-0.2, 0) is 4.79 Å². The molecule has 16 heavy (non-hydrogen) atoms. The van der Waals surface area contributed by atoms with E-state index in [0.29, 0.717) is 16.3 Å². The number of hydrogen-bond acceptors (Lipinski definition) is 3. The number of aliphatic hydroxyl groups excluding tert-OH is 1. The number of aliphatic hydroxyl groups is 1. The molecule has 2 N–H and O–H groups in total. The molecule has 3 atom stereocenters. The Bertz CT molecular complexity index is 390. The van der Waals surface area contributed by atoms with E-state index in [1.54, 1.807) is 6.07 Å². The topological polar surface area (TPSA) is 57.5 Å². The summed E-state index contributed by atoms with van der Waals surface area (Å²) in [5, 5.41) is 21.6. The highest BCUT2D eigenvalue weighted by molar-refractivity contribution is 7.10. The molecule has 0 amide bonds. The first kappa shape index (κ1) is 11.9. The third-order valence-corrected chi connectivity index (χ3v) is 4.63. The van der Waals surface area contributed by atoms with Gasteiger partial charge in [0.05, 0.1) is 21.9 Å². The predicted molar refractivity (Wildman–Crippen MR) is 62.8 cm³/mol. The summed E-state index contributed by atoms with van der Waals surface area (Å²) in [5.74, 6) is -1.45. The number of hydrogen-bond donors (Lipinski definition) is 2.